The zero-order chi connectivity index (χ0) is 28.8. The second-order valence-electron chi connectivity index (χ2n) is 11.1. The van der Waals surface area contributed by atoms with E-state index in [1.165, 1.54) is 30.8 Å². The van der Waals surface area contributed by atoms with Gasteiger partial charge in [-0.15, -0.1) is 0 Å². The molecule has 4 atom stereocenters. The Morgan fingerprint density at radius 1 is 0.974 bits per heavy atom. The molecule has 0 amide bonds. The van der Waals surface area contributed by atoms with Crippen LogP contribution in [0.1, 0.15) is 94.8 Å². The van der Waals surface area contributed by atoms with Crippen LogP contribution in [0.3, 0.4) is 0 Å². The topological polar surface area (TPSA) is 89.9 Å². The predicted octanol–water partition coefficient (Wildman–Crippen LogP) is 6.87. The lowest BCUT2D eigenvalue weighted by molar-refractivity contribution is -0.137. The molecule has 6 heteroatoms. The monoisotopic (exact) mass is 540 g/mol. The quantitative estimate of drug-likeness (QED) is 0.249. The Morgan fingerprint density at radius 3 is 1.95 bits per heavy atom. The molecule has 0 aromatic heterocycles. The fourth-order valence-corrected chi connectivity index (χ4v) is 6.62. The summed E-state index contributed by atoms with van der Waals surface area (Å²) < 4.78 is 8.71. The van der Waals surface area contributed by atoms with Crippen LogP contribution < -0.4 is 0 Å². The summed E-state index contributed by atoms with van der Waals surface area (Å²) in [6.45, 7) is 10.3. The zero-order valence-electron chi connectivity index (χ0n) is 24.2. The van der Waals surface area contributed by atoms with Crippen molar-refractivity contribution in [3.63, 3.8) is 0 Å². The Kier molecular flexibility index (Phi) is 13.7. The molecule has 1 aromatic rings. The second kappa shape index (κ2) is 16.4. The fourth-order valence-electron chi connectivity index (χ4n) is 6.62. The molecule has 5 rings (SSSR count). The predicted molar refractivity (Wildman–Crippen MR) is 154 cm³/mol. The first-order chi connectivity index (χ1) is 18.7. The fraction of sp³-hybridized carbons (Fsp3) is 0.606. The molecule has 4 unspecified atom stereocenters. The number of ketones is 1. The van der Waals surface area contributed by atoms with Crippen LogP contribution in [0.4, 0.5) is 0 Å². The summed E-state index contributed by atoms with van der Waals surface area (Å²) >= 11 is 0. The summed E-state index contributed by atoms with van der Waals surface area (Å²) in [5, 5.41) is 10.2. The Bertz CT molecular complexity index is 928. The molecule has 4 aliphatic rings. The van der Waals surface area contributed by atoms with Gasteiger partial charge in [-0.1, -0.05) is 69.2 Å². The first-order valence-electron chi connectivity index (χ1n) is 14.5. The third-order valence-electron chi connectivity index (χ3n) is 8.48. The van der Waals surface area contributed by atoms with E-state index in [1.807, 2.05) is 18.2 Å². The summed E-state index contributed by atoms with van der Waals surface area (Å²) in [4.78, 5) is 32.3. The summed E-state index contributed by atoms with van der Waals surface area (Å²) in [5.41, 5.74) is -0.0380. The normalized spacial score (nSPS) is 25.1. The molecule has 2 bridgehead atoms. The van der Waals surface area contributed by atoms with Gasteiger partial charge in [0.1, 0.15) is 5.60 Å². The minimum atomic E-state index is -1.10. The van der Waals surface area contributed by atoms with E-state index in [0.717, 1.165) is 25.3 Å². The highest BCUT2D eigenvalue weighted by molar-refractivity contribution is 6.02. The van der Waals surface area contributed by atoms with E-state index in [1.54, 1.807) is 64.5 Å². The molecule has 4 saturated carbocycles. The van der Waals surface area contributed by atoms with E-state index in [2.05, 4.69) is 22.6 Å². The van der Waals surface area contributed by atoms with Crippen molar-refractivity contribution in [2.24, 2.45) is 23.7 Å². The van der Waals surface area contributed by atoms with Crippen LogP contribution in [0, 0.1) is 23.7 Å². The van der Waals surface area contributed by atoms with E-state index in [0.29, 0.717) is 30.6 Å². The van der Waals surface area contributed by atoms with Gasteiger partial charge < -0.3 is 14.6 Å². The Morgan fingerprint density at radius 2 is 1.54 bits per heavy atom. The van der Waals surface area contributed by atoms with Gasteiger partial charge in [0.25, 0.3) is 0 Å². The van der Waals surface area contributed by atoms with Crippen molar-refractivity contribution in [2.75, 3.05) is 13.7 Å². The number of Topliss-reactive ketones (excluding diaryl/α,β-unsaturated/α-hetero) is 1. The van der Waals surface area contributed by atoms with E-state index >= 15 is 0 Å². The maximum atomic E-state index is 12.1. The summed E-state index contributed by atoms with van der Waals surface area (Å²) in [6.07, 6.45) is 14.9. The summed E-state index contributed by atoms with van der Waals surface area (Å²) in [5.74, 6) is 3.98. The van der Waals surface area contributed by atoms with E-state index < -0.39 is 5.60 Å². The number of rotatable bonds is 5. The average Bonchev–Trinajstić information content (AvgIpc) is 3.71. The number of ether oxygens (including phenoxy) is 2. The highest BCUT2D eigenvalue weighted by Crippen LogP contribution is 2.58. The molecule has 4 fully saturated rings. The van der Waals surface area contributed by atoms with Gasteiger partial charge in [0, 0.05) is 17.2 Å². The molecule has 0 radical (unpaired) electrons. The molecule has 0 heterocycles. The molecule has 1 N–H and O–H groups in total. The minimum absolute atomic E-state index is 0.109. The molecular weight excluding hydrogens is 492 g/mol. The number of esters is 2. The SMILES string of the molecule is C1CC2C3CCC(C3)C2C1.C=C(C)C(=O)OC.C=CC(=O)OCC.O=C(c1ccccc1)C1(O)CCCCC1. The molecule has 4 aliphatic carbocycles. The third kappa shape index (κ3) is 9.75. The Balaban J connectivity index is 0.000000194. The number of hydrogen-bond donors (Lipinski definition) is 1. The van der Waals surface area contributed by atoms with Gasteiger partial charge in [-0.2, -0.15) is 0 Å². The van der Waals surface area contributed by atoms with Gasteiger partial charge >= 0.3 is 11.9 Å². The third-order valence-corrected chi connectivity index (χ3v) is 8.48. The van der Waals surface area contributed by atoms with E-state index in [4.69, 9.17) is 0 Å². The van der Waals surface area contributed by atoms with Crippen molar-refractivity contribution < 1.29 is 29.0 Å². The van der Waals surface area contributed by atoms with Gasteiger partial charge in [-0.3, -0.25) is 4.79 Å². The van der Waals surface area contributed by atoms with Gasteiger partial charge in [-0.25, -0.2) is 9.59 Å². The number of fused-ring (bicyclic) bond motifs is 5. The van der Waals surface area contributed by atoms with Crippen molar-refractivity contribution in [3.05, 3.63) is 60.7 Å². The molecule has 39 heavy (non-hydrogen) atoms. The average molecular weight is 541 g/mol. The van der Waals surface area contributed by atoms with Crippen LogP contribution in [0.2, 0.25) is 0 Å². The van der Waals surface area contributed by atoms with Crippen LogP contribution >= 0.6 is 0 Å². The van der Waals surface area contributed by atoms with E-state index in [9.17, 15) is 19.5 Å². The Labute approximate surface area is 234 Å². The first-order valence-corrected chi connectivity index (χ1v) is 14.5. The smallest absolute Gasteiger partial charge is 0.332 e. The first kappa shape index (κ1) is 32.5. The summed E-state index contributed by atoms with van der Waals surface area (Å²) in [6, 6.07) is 9.09. The maximum absolute atomic E-state index is 12.1. The second-order valence-corrected chi connectivity index (χ2v) is 11.1. The molecule has 0 saturated heterocycles. The van der Waals surface area contributed by atoms with Crippen molar-refractivity contribution in [3.8, 4) is 0 Å². The van der Waals surface area contributed by atoms with Crippen molar-refractivity contribution in [2.45, 2.75) is 90.1 Å². The van der Waals surface area contributed by atoms with Gasteiger partial charge in [-0.05, 0) is 82.5 Å². The van der Waals surface area contributed by atoms with Gasteiger partial charge in [0.2, 0.25) is 0 Å². The maximum Gasteiger partial charge on any atom is 0.332 e. The molecular formula is C33H48O6. The minimum Gasteiger partial charge on any atom is -0.466 e. The van der Waals surface area contributed by atoms with Crippen LogP contribution in [-0.4, -0.2) is 42.1 Å². The standard InChI is InChI=1S/C13H16O2.C10H16.2C5H8O2/c14-12(11-7-3-1-4-8-11)13(15)9-5-2-6-10-13;1-2-9-7-4-5-8(6-7)10(9)3-1;1-4(2)5(6)7-3;1-3-5(6)7-4-2/h1,3-4,7-8,15H,2,5-6,9-10H2;7-10H,1-6H2;1H2,2-3H3;3H,1,4H2,2H3. The van der Waals surface area contributed by atoms with Crippen LogP contribution in [0.25, 0.3) is 0 Å². The highest BCUT2D eigenvalue weighted by Gasteiger charge is 2.48. The number of hydrogen-bond acceptors (Lipinski definition) is 6. The van der Waals surface area contributed by atoms with Crippen LogP contribution in [0.5, 0.6) is 0 Å². The molecule has 0 aliphatic heterocycles. The highest BCUT2D eigenvalue weighted by atomic mass is 16.5. The lowest BCUT2D eigenvalue weighted by Gasteiger charge is -2.30. The van der Waals surface area contributed by atoms with Crippen molar-refractivity contribution >= 4 is 17.7 Å². The van der Waals surface area contributed by atoms with Crippen LogP contribution in [0.15, 0.2) is 55.1 Å². The summed E-state index contributed by atoms with van der Waals surface area (Å²) in [7, 11) is 1.33. The molecule has 216 valence electrons. The number of methoxy groups -OCH3 is 1. The molecule has 0 spiro atoms. The zero-order valence-corrected chi connectivity index (χ0v) is 24.2. The number of aliphatic hydroxyl groups is 1. The van der Waals surface area contributed by atoms with E-state index in [-0.39, 0.29) is 17.7 Å². The van der Waals surface area contributed by atoms with Gasteiger partial charge in [0.05, 0.1) is 13.7 Å². The molecule has 1 aromatic carbocycles. The van der Waals surface area contributed by atoms with Crippen molar-refractivity contribution in [1.29, 1.82) is 0 Å². The van der Waals surface area contributed by atoms with Crippen molar-refractivity contribution in [1.82, 2.24) is 0 Å². The number of benzene rings is 1. The molecule has 6 nitrogen and oxygen atoms in total. The largest absolute Gasteiger partial charge is 0.466 e. The van der Waals surface area contributed by atoms with Gasteiger partial charge in [0.15, 0.2) is 5.78 Å². The lowest BCUT2D eigenvalue weighted by atomic mass is 9.79. The lowest BCUT2D eigenvalue weighted by Crippen LogP contribution is -2.40. The van der Waals surface area contributed by atoms with Crippen LogP contribution in [-0.2, 0) is 19.1 Å². The Hall–Kier alpha value is -2.73. The number of carbonyl (C=O) groups is 3. The number of carbonyl (C=O) groups excluding carboxylic acids is 3.